The van der Waals surface area contributed by atoms with Crippen LogP contribution in [0.1, 0.15) is 24.8 Å². The summed E-state index contributed by atoms with van der Waals surface area (Å²) in [4.78, 5) is 17.6. The molecular weight excluding hydrogens is 356 g/mol. The molecule has 0 aromatic heterocycles. The highest BCUT2D eigenvalue weighted by Crippen LogP contribution is 2.69. The zero-order chi connectivity index (χ0) is 18.8. The average molecular weight is 380 g/mol. The molecule has 5 aliphatic heterocycles. The van der Waals surface area contributed by atoms with E-state index in [9.17, 15) is 9.90 Å². The Kier molecular flexibility index (Phi) is 2.74. The number of aliphatic hydroxyl groups is 1. The molecule has 7 rings (SSSR count). The average Bonchev–Trinajstić information content (AvgIpc) is 3.11. The number of carbonyl (C=O) groups excluding carboxylic acids is 1. The van der Waals surface area contributed by atoms with Gasteiger partial charge >= 0.3 is 0 Å². The third kappa shape index (κ3) is 1.49. The monoisotopic (exact) mass is 380 g/mol. The van der Waals surface area contributed by atoms with Gasteiger partial charge in [-0.05, 0) is 42.5 Å². The third-order valence-electron chi connectivity index (χ3n) is 8.65. The van der Waals surface area contributed by atoms with Gasteiger partial charge < -0.3 is 19.5 Å². The van der Waals surface area contributed by atoms with Gasteiger partial charge in [0, 0.05) is 24.7 Å². The van der Waals surface area contributed by atoms with E-state index in [0.717, 1.165) is 42.9 Å². The van der Waals surface area contributed by atoms with Crippen molar-refractivity contribution >= 4 is 11.6 Å². The fourth-order valence-corrected chi connectivity index (χ4v) is 7.68. The zero-order valence-corrected chi connectivity index (χ0v) is 15.9. The Balaban J connectivity index is 1.56. The molecule has 5 heterocycles. The van der Waals surface area contributed by atoms with Crippen LogP contribution in [0.25, 0.3) is 0 Å². The number of hydrogen-bond acceptors (Lipinski definition) is 5. The minimum Gasteiger partial charge on any atom is -0.497 e. The molecule has 4 fully saturated rings. The van der Waals surface area contributed by atoms with Crippen LogP contribution in [0, 0.1) is 11.8 Å². The fraction of sp³-hybridized carbons (Fsp3) is 0.591. The lowest BCUT2D eigenvalue weighted by atomic mass is 9.52. The van der Waals surface area contributed by atoms with Crippen molar-refractivity contribution in [2.75, 3.05) is 31.7 Å². The second-order valence-electron chi connectivity index (χ2n) is 9.29. The van der Waals surface area contributed by atoms with E-state index >= 15 is 0 Å². The molecular formula is C22H24N2O4. The molecule has 1 aromatic carbocycles. The highest BCUT2D eigenvalue weighted by molar-refractivity contribution is 5.99. The Bertz CT molecular complexity index is 960. The molecule has 1 unspecified atom stereocenters. The van der Waals surface area contributed by atoms with Crippen molar-refractivity contribution in [2.45, 2.75) is 42.5 Å². The normalized spacial score (nSPS) is 44.9. The molecule has 1 aromatic rings. The summed E-state index contributed by atoms with van der Waals surface area (Å²) in [6.07, 6.45) is 4.19. The third-order valence-corrected chi connectivity index (χ3v) is 8.65. The summed E-state index contributed by atoms with van der Waals surface area (Å²) in [5.74, 6) is 1.44. The molecule has 1 spiro atoms. The number of hydrogen-bond donors (Lipinski definition) is 1. The number of rotatable bonds is 1. The molecule has 1 saturated carbocycles. The van der Waals surface area contributed by atoms with Crippen molar-refractivity contribution in [3.8, 4) is 5.75 Å². The van der Waals surface area contributed by atoms with Crippen molar-refractivity contribution in [1.29, 1.82) is 0 Å². The van der Waals surface area contributed by atoms with Crippen molar-refractivity contribution in [2.24, 2.45) is 11.8 Å². The summed E-state index contributed by atoms with van der Waals surface area (Å²) in [7, 11) is 1.67. The van der Waals surface area contributed by atoms with E-state index in [1.807, 2.05) is 17.0 Å². The van der Waals surface area contributed by atoms with E-state index in [0.29, 0.717) is 13.0 Å². The minimum absolute atomic E-state index is 0.0450. The number of methoxy groups -OCH3 is 1. The van der Waals surface area contributed by atoms with Crippen molar-refractivity contribution in [3.63, 3.8) is 0 Å². The van der Waals surface area contributed by atoms with E-state index in [1.165, 1.54) is 5.57 Å². The van der Waals surface area contributed by atoms with E-state index < -0.39 is 11.1 Å². The molecule has 146 valence electrons. The van der Waals surface area contributed by atoms with Gasteiger partial charge in [-0.15, -0.1) is 0 Å². The number of nitrogens with zero attached hydrogens (tertiary/aromatic N) is 2. The van der Waals surface area contributed by atoms with E-state index in [4.69, 9.17) is 9.47 Å². The number of amides is 1. The summed E-state index contributed by atoms with van der Waals surface area (Å²) in [5.41, 5.74) is 2.07. The van der Waals surface area contributed by atoms with Gasteiger partial charge in [-0.3, -0.25) is 9.69 Å². The molecule has 2 bridgehead atoms. The van der Waals surface area contributed by atoms with Gasteiger partial charge in [0.2, 0.25) is 5.91 Å². The zero-order valence-electron chi connectivity index (χ0n) is 15.9. The lowest BCUT2D eigenvalue weighted by Gasteiger charge is -2.62. The number of ether oxygens (including phenoxy) is 2. The number of benzene rings is 1. The van der Waals surface area contributed by atoms with Crippen LogP contribution >= 0.6 is 0 Å². The first-order chi connectivity index (χ1) is 13.6. The van der Waals surface area contributed by atoms with Gasteiger partial charge in [0.15, 0.2) is 0 Å². The summed E-state index contributed by atoms with van der Waals surface area (Å²) in [5, 5.41) is 12.2. The first-order valence-electron chi connectivity index (χ1n) is 10.4. The number of fused-ring (bicyclic) bond motifs is 2. The fourth-order valence-electron chi connectivity index (χ4n) is 7.68. The Labute approximate surface area is 163 Å². The van der Waals surface area contributed by atoms with Gasteiger partial charge in [0.1, 0.15) is 11.5 Å². The second kappa shape index (κ2) is 4.81. The van der Waals surface area contributed by atoms with Gasteiger partial charge in [-0.1, -0.05) is 11.6 Å². The Hall–Kier alpha value is -1.89. The molecule has 28 heavy (non-hydrogen) atoms. The van der Waals surface area contributed by atoms with Crippen LogP contribution in [0.3, 0.4) is 0 Å². The number of piperidine rings is 2. The Morgan fingerprint density at radius 2 is 2.25 bits per heavy atom. The smallest absolute Gasteiger partial charge is 0.229 e. The van der Waals surface area contributed by atoms with Gasteiger partial charge in [0.25, 0.3) is 0 Å². The molecule has 0 radical (unpaired) electrons. The van der Waals surface area contributed by atoms with Crippen molar-refractivity contribution in [3.05, 3.63) is 35.4 Å². The van der Waals surface area contributed by atoms with Crippen LogP contribution in [0.2, 0.25) is 0 Å². The van der Waals surface area contributed by atoms with Gasteiger partial charge in [-0.25, -0.2) is 0 Å². The summed E-state index contributed by atoms with van der Waals surface area (Å²) in [6.45, 7) is 2.25. The van der Waals surface area contributed by atoms with Crippen LogP contribution in [-0.4, -0.2) is 60.6 Å². The summed E-state index contributed by atoms with van der Waals surface area (Å²) >= 11 is 0. The molecule has 6 heteroatoms. The maximum absolute atomic E-state index is 13.3. The lowest BCUT2D eigenvalue weighted by molar-refractivity contribution is -0.197. The predicted molar refractivity (Wildman–Crippen MR) is 101 cm³/mol. The van der Waals surface area contributed by atoms with E-state index in [-0.39, 0.29) is 29.9 Å². The quantitative estimate of drug-likeness (QED) is 0.747. The molecule has 6 nitrogen and oxygen atoms in total. The van der Waals surface area contributed by atoms with Crippen LogP contribution < -0.4 is 9.64 Å². The molecule has 6 atom stereocenters. The predicted octanol–water partition coefficient (Wildman–Crippen LogP) is 1.42. The van der Waals surface area contributed by atoms with Gasteiger partial charge in [0.05, 0.1) is 37.7 Å². The summed E-state index contributed by atoms with van der Waals surface area (Å²) < 4.78 is 11.8. The largest absolute Gasteiger partial charge is 0.497 e. The molecule has 3 saturated heterocycles. The highest BCUT2D eigenvalue weighted by atomic mass is 16.5. The summed E-state index contributed by atoms with van der Waals surface area (Å²) in [6, 6.07) is 5.98. The first kappa shape index (κ1) is 16.0. The molecule has 6 aliphatic rings. The molecule has 1 aliphatic carbocycles. The van der Waals surface area contributed by atoms with Gasteiger partial charge in [-0.2, -0.15) is 0 Å². The highest BCUT2D eigenvalue weighted by Gasteiger charge is 2.76. The van der Waals surface area contributed by atoms with Crippen LogP contribution in [0.4, 0.5) is 5.69 Å². The van der Waals surface area contributed by atoms with Crippen molar-refractivity contribution in [1.82, 2.24) is 4.90 Å². The van der Waals surface area contributed by atoms with Crippen LogP contribution in [0.15, 0.2) is 29.8 Å². The number of anilines is 1. The molecule has 1 N–H and O–H groups in total. The van der Waals surface area contributed by atoms with Crippen LogP contribution in [-0.2, 0) is 14.9 Å². The maximum atomic E-state index is 13.3. The maximum Gasteiger partial charge on any atom is 0.229 e. The SMILES string of the molecule is COc1ccc2c(c1)C13CCN4CC5=CCO[C@H]6CC(=O)N2[C@H]1[C@H]6[C@H]5C[C@]43O. The topological polar surface area (TPSA) is 62.2 Å². The van der Waals surface area contributed by atoms with Crippen molar-refractivity contribution < 1.29 is 19.4 Å². The Morgan fingerprint density at radius 1 is 1.36 bits per heavy atom. The second-order valence-corrected chi connectivity index (χ2v) is 9.29. The molecule has 1 amide bonds. The Morgan fingerprint density at radius 3 is 3.11 bits per heavy atom. The van der Waals surface area contributed by atoms with Crippen LogP contribution in [0.5, 0.6) is 5.75 Å². The van der Waals surface area contributed by atoms with E-state index in [1.54, 1.807) is 7.11 Å². The first-order valence-corrected chi connectivity index (χ1v) is 10.4. The van der Waals surface area contributed by atoms with E-state index in [2.05, 4.69) is 17.0 Å². The lowest BCUT2D eigenvalue weighted by Crippen LogP contribution is -2.74. The minimum atomic E-state index is -0.918. The number of carbonyl (C=O) groups is 1. The standard InChI is InChI=1S/C22H24N2O4/c1-27-13-2-3-16-15(8-13)21-5-6-23-11-12-4-7-28-17-9-18(25)24(16)20(21)19(17)14(12)10-22(21,23)26/h2-4,8,14,17,19-20,26H,5-7,9-11H2,1H3/t14-,17-,19-,20-,21?,22+/m0/s1.